The molecule has 98 valence electrons. The van der Waals surface area contributed by atoms with Gasteiger partial charge in [-0.15, -0.1) is 0 Å². The van der Waals surface area contributed by atoms with Crippen LogP contribution in [-0.2, 0) is 14.2 Å². The molecule has 3 rings (SSSR count). The van der Waals surface area contributed by atoms with Crippen LogP contribution in [0.4, 0.5) is 0 Å². The standard InChI is InChI=1S/C12H21NO4/c13-10(5-6-15-9-10)11(14)1-3-12(4-2-11)16-7-8-17-12/h14H,1-9,13H2. The summed E-state index contributed by atoms with van der Waals surface area (Å²) in [4.78, 5) is 0. The Bertz CT molecular complexity index is 285. The van der Waals surface area contributed by atoms with Crippen molar-refractivity contribution in [2.75, 3.05) is 26.4 Å². The largest absolute Gasteiger partial charge is 0.388 e. The number of aliphatic hydroxyl groups is 1. The van der Waals surface area contributed by atoms with Crippen LogP contribution in [0.5, 0.6) is 0 Å². The molecule has 1 aliphatic carbocycles. The van der Waals surface area contributed by atoms with Crippen LogP contribution in [0.2, 0.25) is 0 Å². The second kappa shape index (κ2) is 3.90. The molecular weight excluding hydrogens is 222 g/mol. The van der Waals surface area contributed by atoms with E-state index in [0.717, 1.165) is 19.3 Å². The molecule has 0 radical (unpaired) electrons. The number of hydrogen-bond acceptors (Lipinski definition) is 5. The Hall–Kier alpha value is -0.200. The molecule has 2 saturated heterocycles. The van der Waals surface area contributed by atoms with Gasteiger partial charge in [0.1, 0.15) is 0 Å². The summed E-state index contributed by atoms with van der Waals surface area (Å²) < 4.78 is 16.7. The van der Waals surface area contributed by atoms with E-state index in [1.54, 1.807) is 0 Å². The Labute approximate surface area is 101 Å². The lowest BCUT2D eigenvalue weighted by Crippen LogP contribution is -2.63. The Balaban J connectivity index is 1.70. The number of rotatable bonds is 1. The van der Waals surface area contributed by atoms with Crippen molar-refractivity contribution in [3.8, 4) is 0 Å². The first-order valence-electron chi connectivity index (χ1n) is 6.45. The molecule has 0 aromatic heterocycles. The summed E-state index contributed by atoms with van der Waals surface area (Å²) in [7, 11) is 0. The summed E-state index contributed by atoms with van der Waals surface area (Å²) in [5, 5.41) is 10.8. The van der Waals surface area contributed by atoms with E-state index in [1.807, 2.05) is 0 Å². The van der Waals surface area contributed by atoms with Crippen LogP contribution >= 0.6 is 0 Å². The van der Waals surface area contributed by atoms with Crippen molar-refractivity contribution in [2.24, 2.45) is 5.73 Å². The van der Waals surface area contributed by atoms with Gasteiger partial charge >= 0.3 is 0 Å². The van der Waals surface area contributed by atoms with E-state index in [0.29, 0.717) is 39.3 Å². The van der Waals surface area contributed by atoms with Gasteiger partial charge in [0, 0.05) is 19.4 Å². The fourth-order valence-electron chi connectivity index (χ4n) is 3.28. The molecule has 3 aliphatic rings. The lowest BCUT2D eigenvalue weighted by atomic mass is 9.69. The van der Waals surface area contributed by atoms with Crippen LogP contribution < -0.4 is 5.73 Å². The second-order valence-corrected chi connectivity index (χ2v) is 5.60. The highest BCUT2D eigenvalue weighted by Gasteiger charge is 2.55. The quantitative estimate of drug-likeness (QED) is 0.686. The van der Waals surface area contributed by atoms with Crippen molar-refractivity contribution in [3.05, 3.63) is 0 Å². The average Bonchev–Trinajstić information content (AvgIpc) is 2.94. The molecule has 0 amide bonds. The minimum Gasteiger partial charge on any atom is -0.388 e. The Morgan fingerprint density at radius 3 is 2.06 bits per heavy atom. The molecule has 5 heteroatoms. The van der Waals surface area contributed by atoms with E-state index in [2.05, 4.69) is 0 Å². The average molecular weight is 243 g/mol. The summed E-state index contributed by atoms with van der Waals surface area (Å²) in [5.41, 5.74) is 4.88. The van der Waals surface area contributed by atoms with Crippen LogP contribution in [0.1, 0.15) is 32.1 Å². The van der Waals surface area contributed by atoms with Gasteiger partial charge in [-0.3, -0.25) is 0 Å². The second-order valence-electron chi connectivity index (χ2n) is 5.60. The van der Waals surface area contributed by atoms with E-state index in [9.17, 15) is 5.11 Å². The van der Waals surface area contributed by atoms with Gasteiger partial charge in [-0.2, -0.15) is 0 Å². The highest BCUT2D eigenvalue weighted by Crippen LogP contribution is 2.45. The summed E-state index contributed by atoms with van der Waals surface area (Å²) in [6.07, 6.45) is 3.45. The SMILES string of the molecule is NC1(C2(O)CCC3(CC2)OCCO3)CCOC1. The molecule has 3 N–H and O–H groups in total. The van der Waals surface area contributed by atoms with Crippen LogP contribution in [0.25, 0.3) is 0 Å². The van der Waals surface area contributed by atoms with E-state index < -0.39 is 16.9 Å². The van der Waals surface area contributed by atoms with Gasteiger partial charge in [-0.1, -0.05) is 0 Å². The zero-order valence-electron chi connectivity index (χ0n) is 10.1. The monoisotopic (exact) mass is 243 g/mol. The predicted molar refractivity (Wildman–Crippen MR) is 60.4 cm³/mol. The van der Waals surface area contributed by atoms with Crippen LogP contribution in [-0.4, -0.2) is 48.5 Å². The topological polar surface area (TPSA) is 73.9 Å². The number of hydrogen-bond donors (Lipinski definition) is 2. The number of nitrogens with two attached hydrogens (primary N) is 1. The fraction of sp³-hybridized carbons (Fsp3) is 1.00. The van der Waals surface area contributed by atoms with Crippen LogP contribution in [0.15, 0.2) is 0 Å². The van der Waals surface area contributed by atoms with Gasteiger partial charge in [-0.25, -0.2) is 0 Å². The molecule has 1 saturated carbocycles. The first kappa shape index (κ1) is 11.9. The van der Waals surface area contributed by atoms with Crippen molar-refractivity contribution in [1.29, 1.82) is 0 Å². The van der Waals surface area contributed by atoms with E-state index in [4.69, 9.17) is 19.9 Å². The summed E-state index contributed by atoms with van der Waals surface area (Å²) >= 11 is 0. The lowest BCUT2D eigenvalue weighted by Gasteiger charge is -2.47. The molecule has 3 fully saturated rings. The van der Waals surface area contributed by atoms with E-state index >= 15 is 0 Å². The third kappa shape index (κ3) is 1.81. The molecule has 0 aromatic rings. The lowest BCUT2D eigenvalue weighted by molar-refractivity contribution is -0.212. The summed E-state index contributed by atoms with van der Waals surface area (Å²) in [6, 6.07) is 0. The van der Waals surface area contributed by atoms with Crippen molar-refractivity contribution >= 4 is 0 Å². The van der Waals surface area contributed by atoms with Gasteiger partial charge in [0.15, 0.2) is 5.79 Å². The molecule has 1 unspecified atom stereocenters. The highest BCUT2D eigenvalue weighted by atomic mass is 16.7. The zero-order chi connectivity index (χ0) is 12.0. The maximum Gasteiger partial charge on any atom is 0.168 e. The molecule has 0 bridgehead atoms. The molecule has 1 atom stereocenters. The third-order valence-electron chi connectivity index (χ3n) is 4.63. The van der Waals surface area contributed by atoms with Gasteiger partial charge in [-0.05, 0) is 19.3 Å². The molecule has 2 aliphatic heterocycles. The first-order valence-corrected chi connectivity index (χ1v) is 6.45. The molecular formula is C12H21NO4. The molecule has 5 nitrogen and oxygen atoms in total. The van der Waals surface area contributed by atoms with Crippen molar-refractivity contribution < 1.29 is 19.3 Å². The fourth-order valence-corrected chi connectivity index (χ4v) is 3.28. The highest BCUT2D eigenvalue weighted by molar-refractivity contribution is 5.08. The molecule has 0 aromatic carbocycles. The van der Waals surface area contributed by atoms with Gasteiger partial charge in [0.05, 0.1) is 31.0 Å². The maximum atomic E-state index is 10.8. The Morgan fingerprint density at radius 1 is 0.882 bits per heavy atom. The van der Waals surface area contributed by atoms with Crippen molar-refractivity contribution in [3.63, 3.8) is 0 Å². The predicted octanol–water partition coefficient (Wildman–Crippen LogP) is 0.152. The van der Waals surface area contributed by atoms with Crippen LogP contribution in [0, 0.1) is 0 Å². The van der Waals surface area contributed by atoms with Crippen LogP contribution in [0.3, 0.4) is 0 Å². The smallest absolute Gasteiger partial charge is 0.168 e. The Kier molecular flexibility index (Phi) is 2.72. The number of ether oxygens (including phenoxy) is 3. The molecule has 1 spiro atoms. The minimum atomic E-state index is -0.829. The van der Waals surface area contributed by atoms with Crippen molar-refractivity contribution in [2.45, 2.75) is 49.0 Å². The Morgan fingerprint density at radius 2 is 1.53 bits per heavy atom. The molecule has 17 heavy (non-hydrogen) atoms. The molecule has 2 heterocycles. The van der Waals surface area contributed by atoms with E-state index in [1.165, 1.54) is 0 Å². The van der Waals surface area contributed by atoms with E-state index in [-0.39, 0.29) is 0 Å². The van der Waals surface area contributed by atoms with Gasteiger partial charge < -0.3 is 25.1 Å². The zero-order valence-corrected chi connectivity index (χ0v) is 10.1. The van der Waals surface area contributed by atoms with Gasteiger partial charge in [0.2, 0.25) is 0 Å². The van der Waals surface area contributed by atoms with Gasteiger partial charge in [0.25, 0.3) is 0 Å². The normalized spacial score (nSPS) is 39.9. The summed E-state index contributed by atoms with van der Waals surface area (Å²) in [5.74, 6) is -0.442. The maximum absolute atomic E-state index is 10.8. The first-order chi connectivity index (χ1) is 8.08. The summed E-state index contributed by atoms with van der Waals surface area (Å²) in [6.45, 7) is 2.43. The third-order valence-corrected chi connectivity index (χ3v) is 4.63. The van der Waals surface area contributed by atoms with Crippen molar-refractivity contribution in [1.82, 2.24) is 0 Å². The minimum absolute atomic E-state index is 0.442.